The van der Waals surface area contributed by atoms with Gasteiger partial charge < -0.3 is 5.32 Å². The molecule has 0 aliphatic heterocycles. The monoisotopic (exact) mass is 360 g/mol. The molecule has 0 spiro atoms. The number of hydrogen-bond acceptors (Lipinski definition) is 6. The maximum atomic E-state index is 12.0. The van der Waals surface area contributed by atoms with Crippen molar-refractivity contribution in [2.75, 3.05) is 5.32 Å². The van der Waals surface area contributed by atoms with E-state index in [4.69, 9.17) is 0 Å². The zero-order chi connectivity index (χ0) is 15.8. The first-order valence-electron chi connectivity index (χ1n) is 6.93. The van der Waals surface area contributed by atoms with Crippen molar-refractivity contribution in [3.8, 4) is 0 Å². The number of benzene rings is 1. The Bertz CT molecular complexity index is 987. The highest BCUT2D eigenvalue weighted by molar-refractivity contribution is 7.24. The van der Waals surface area contributed by atoms with Crippen LogP contribution < -0.4 is 10.6 Å². The molecule has 0 atom stereocenters. The number of aryl methyl sites for hydroxylation is 1. The van der Waals surface area contributed by atoms with Crippen molar-refractivity contribution >= 4 is 65.6 Å². The number of rotatable bonds is 3. The zero-order valence-electron chi connectivity index (χ0n) is 12.1. The molecule has 0 aliphatic carbocycles. The van der Waals surface area contributed by atoms with E-state index in [-0.39, 0.29) is 6.03 Å². The Morgan fingerprint density at radius 1 is 1.22 bits per heavy atom. The lowest BCUT2D eigenvalue weighted by Crippen LogP contribution is -2.27. The maximum Gasteiger partial charge on any atom is 0.321 e. The van der Waals surface area contributed by atoms with Crippen LogP contribution in [-0.2, 0) is 6.54 Å². The lowest BCUT2D eigenvalue weighted by Gasteiger charge is -2.03. The van der Waals surface area contributed by atoms with Crippen molar-refractivity contribution in [2.45, 2.75) is 13.5 Å². The first-order valence-corrected chi connectivity index (χ1v) is 9.44. The number of nitrogens with zero attached hydrogens (tertiary/aromatic N) is 2. The lowest BCUT2D eigenvalue weighted by atomic mass is 10.3. The number of aromatic nitrogens is 2. The van der Waals surface area contributed by atoms with Crippen LogP contribution in [0.3, 0.4) is 0 Å². The van der Waals surface area contributed by atoms with Gasteiger partial charge in [-0.1, -0.05) is 17.4 Å². The van der Waals surface area contributed by atoms with Gasteiger partial charge in [-0.25, -0.2) is 14.8 Å². The number of thiophene rings is 1. The summed E-state index contributed by atoms with van der Waals surface area (Å²) in [5.74, 6) is 0. The van der Waals surface area contributed by atoms with Gasteiger partial charge >= 0.3 is 6.03 Å². The van der Waals surface area contributed by atoms with E-state index in [1.165, 1.54) is 11.3 Å². The van der Waals surface area contributed by atoms with E-state index < -0.39 is 0 Å². The molecule has 3 heterocycles. The summed E-state index contributed by atoms with van der Waals surface area (Å²) in [5.41, 5.74) is 1.83. The Morgan fingerprint density at radius 3 is 2.96 bits per heavy atom. The Morgan fingerprint density at radius 2 is 2.13 bits per heavy atom. The van der Waals surface area contributed by atoms with E-state index in [2.05, 4.69) is 20.6 Å². The third-order valence-corrected chi connectivity index (χ3v) is 6.05. The standard InChI is InChI=1S/C15H12N4OS3/c1-8-17-12-11(22-8)5-4-10-13(12)23-15(18-10)19-14(20)16-7-9-3-2-6-21-9/h2-6H,7H2,1H3,(H2,16,18,19,20). The fourth-order valence-electron chi connectivity index (χ4n) is 2.26. The summed E-state index contributed by atoms with van der Waals surface area (Å²) in [4.78, 5) is 22.1. The number of carbonyl (C=O) groups is 1. The number of thiazole rings is 2. The molecule has 23 heavy (non-hydrogen) atoms. The molecule has 0 radical (unpaired) electrons. The Kier molecular flexibility index (Phi) is 3.72. The normalized spacial score (nSPS) is 11.2. The van der Waals surface area contributed by atoms with Gasteiger partial charge in [0.1, 0.15) is 5.52 Å². The molecule has 4 aromatic rings. The van der Waals surface area contributed by atoms with Gasteiger partial charge in [-0.05, 0) is 30.5 Å². The SMILES string of the molecule is Cc1nc2c(ccc3nc(NC(=O)NCc4cccs4)sc32)s1. The van der Waals surface area contributed by atoms with E-state index in [9.17, 15) is 4.79 Å². The second-order valence-electron chi connectivity index (χ2n) is 4.90. The molecule has 0 saturated heterocycles. The van der Waals surface area contributed by atoms with Crippen molar-refractivity contribution in [1.29, 1.82) is 0 Å². The van der Waals surface area contributed by atoms with Crippen molar-refractivity contribution < 1.29 is 4.79 Å². The van der Waals surface area contributed by atoms with Crippen LogP contribution in [0.2, 0.25) is 0 Å². The maximum absolute atomic E-state index is 12.0. The van der Waals surface area contributed by atoms with Crippen LogP contribution in [0.25, 0.3) is 20.4 Å². The predicted molar refractivity (Wildman–Crippen MR) is 97.7 cm³/mol. The van der Waals surface area contributed by atoms with Crippen molar-refractivity contribution in [3.63, 3.8) is 0 Å². The number of hydrogen-bond donors (Lipinski definition) is 2. The summed E-state index contributed by atoms with van der Waals surface area (Å²) in [5, 5.41) is 9.24. The van der Waals surface area contributed by atoms with Crippen LogP contribution in [0, 0.1) is 6.92 Å². The van der Waals surface area contributed by atoms with Crippen LogP contribution in [-0.4, -0.2) is 16.0 Å². The predicted octanol–water partition coefficient (Wildman–Crippen LogP) is 4.60. The number of carbonyl (C=O) groups excluding carboxylic acids is 1. The van der Waals surface area contributed by atoms with Crippen LogP contribution in [0.4, 0.5) is 9.93 Å². The van der Waals surface area contributed by atoms with E-state index in [0.717, 1.165) is 30.3 Å². The number of nitrogens with one attached hydrogen (secondary N) is 2. The minimum atomic E-state index is -0.247. The van der Waals surface area contributed by atoms with Gasteiger partial charge in [0, 0.05) is 4.88 Å². The Labute approximate surface area is 144 Å². The summed E-state index contributed by atoms with van der Waals surface area (Å²) >= 11 is 4.74. The zero-order valence-corrected chi connectivity index (χ0v) is 14.6. The highest BCUT2D eigenvalue weighted by atomic mass is 32.1. The highest BCUT2D eigenvalue weighted by Crippen LogP contribution is 2.34. The fourth-order valence-corrected chi connectivity index (χ4v) is 4.76. The number of fused-ring (bicyclic) bond motifs is 3. The van der Waals surface area contributed by atoms with Crippen molar-refractivity contribution in [1.82, 2.24) is 15.3 Å². The van der Waals surface area contributed by atoms with Crippen molar-refractivity contribution in [2.24, 2.45) is 0 Å². The van der Waals surface area contributed by atoms with Crippen LogP contribution in [0.1, 0.15) is 9.88 Å². The van der Waals surface area contributed by atoms with E-state index >= 15 is 0 Å². The Hall–Kier alpha value is -2.03. The average molecular weight is 360 g/mol. The minimum Gasteiger partial charge on any atom is -0.333 e. The van der Waals surface area contributed by atoms with Gasteiger partial charge in [-0.3, -0.25) is 5.32 Å². The summed E-state index contributed by atoms with van der Waals surface area (Å²) < 4.78 is 2.16. The van der Waals surface area contributed by atoms with Gasteiger partial charge in [-0.15, -0.1) is 22.7 Å². The highest BCUT2D eigenvalue weighted by Gasteiger charge is 2.12. The van der Waals surface area contributed by atoms with Gasteiger partial charge in [0.15, 0.2) is 5.13 Å². The first-order chi connectivity index (χ1) is 11.2. The van der Waals surface area contributed by atoms with Crippen LogP contribution >= 0.6 is 34.0 Å². The quantitative estimate of drug-likeness (QED) is 0.561. The van der Waals surface area contributed by atoms with Crippen LogP contribution in [0.5, 0.6) is 0 Å². The summed E-state index contributed by atoms with van der Waals surface area (Å²) in [6, 6.07) is 7.71. The fraction of sp³-hybridized carbons (Fsp3) is 0.133. The minimum absolute atomic E-state index is 0.247. The van der Waals surface area contributed by atoms with E-state index in [0.29, 0.717) is 11.7 Å². The Balaban J connectivity index is 1.54. The molecule has 0 unspecified atom stereocenters. The molecule has 0 saturated carbocycles. The molecule has 2 amide bonds. The molecule has 8 heteroatoms. The number of amides is 2. The molecule has 0 fully saturated rings. The molecule has 0 bridgehead atoms. The molecular weight excluding hydrogens is 348 g/mol. The topological polar surface area (TPSA) is 66.9 Å². The molecule has 5 nitrogen and oxygen atoms in total. The second kappa shape index (κ2) is 5.88. The molecule has 4 rings (SSSR count). The molecule has 0 aliphatic rings. The molecule has 2 N–H and O–H groups in total. The van der Waals surface area contributed by atoms with Gasteiger partial charge in [0.2, 0.25) is 0 Å². The molecule has 116 valence electrons. The number of anilines is 1. The summed E-state index contributed by atoms with van der Waals surface area (Å²) in [6.45, 7) is 2.51. The smallest absolute Gasteiger partial charge is 0.321 e. The van der Waals surface area contributed by atoms with Gasteiger partial charge in [0.05, 0.1) is 26.5 Å². The summed E-state index contributed by atoms with van der Waals surface area (Å²) in [7, 11) is 0. The molecule has 1 aromatic carbocycles. The second-order valence-corrected chi connectivity index (χ2v) is 8.17. The van der Waals surface area contributed by atoms with Gasteiger partial charge in [-0.2, -0.15) is 0 Å². The van der Waals surface area contributed by atoms with E-state index in [1.807, 2.05) is 36.6 Å². The summed E-state index contributed by atoms with van der Waals surface area (Å²) in [6.07, 6.45) is 0. The third kappa shape index (κ3) is 2.92. The van der Waals surface area contributed by atoms with E-state index in [1.54, 1.807) is 22.7 Å². The molecule has 3 aromatic heterocycles. The first kappa shape index (κ1) is 14.6. The molecular formula is C15H12N4OS3. The van der Waals surface area contributed by atoms with Crippen LogP contribution in [0.15, 0.2) is 29.6 Å². The lowest BCUT2D eigenvalue weighted by molar-refractivity contribution is 0.252. The largest absolute Gasteiger partial charge is 0.333 e. The van der Waals surface area contributed by atoms with Crippen molar-refractivity contribution in [3.05, 3.63) is 39.5 Å². The van der Waals surface area contributed by atoms with Gasteiger partial charge in [0.25, 0.3) is 0 Å². The third-order valence-electron chi connectivity index (χ3n) is 3.25. The number of urea groups is 1. The average Bonchev–Trinajstić information content (AvgIpc) is 3.22.